The van der Waals surface area contributed by atoms with Crippen molar-refractivity contribution in [2.45, 2.75) is 141 Å². The first kappa shape index (κ1) is 26.0. The summed E-state index contributed by atoms with van der Waals surface area (Å²) >= 11 is 0. The molecule has 0 radical (unpaired) electrons. The van der Waals surface area contributed by atoms with Gasteiger partial charge in [-0.1, -0.05) is 58.3 Å². The Hall–Kier alpha value is -0.620. The lowest BCUT2D eigenvalue weighted by molar-refractivity contribution is -0.103. The number of halogens is 2. The van der Waals surface area contributed by atoms with Crippen molar-refractivity contribution in [1.82, 2.24) is 0 Å². The standard InChI is InChI=1S/C29H48F2O/c1-4-7-8-10-25(6-3)32-27-20-19-26(28(30)29(27)31)24-17-15-23(16-18-24)22-13-11-21(9-5-2)12-14-22/h3,21-29H,4-5,7-20H2,1-2H3/t21?,22?,23?,24?,25?,26-,27?,28?,29?/m0/s1. The van der Waals surface area contributed by atoms with Crippen LogP contribution >= 0.6 is 0 Å². The highest BCUT2D eigenvalue weighted by atomic mass is 19.2. The van der Waals surface area contributed by atoms with Crippen LogP contribution in [0, 0.1) is 41.9 Å². The minimum absolute atomic E-state index is 0.129. The molecule has 3 heteroatoms. The Morgan fingerprint density at radius 3 is 2.00 bits per heavy atom. The quantitative estimate of drug-likeness (QED) is 0.240. The van der Waals surface area contributed by atoms with E-state index in [-0.39, 0.29) is 12.0 Å². The summed E-state index contributed by atoms with van der Waals surface area (Å²) in [5.41, 5.74) is 0. The molecular weight excluding hydrogens is 402 g/mol. The van der Waals surface area contributed by atoms with Gasteiger partial charge in [0.1, 0.15) is 12.3 Å². The van der Waals surface area contributed by atoms with E-state index in [0.29, 0.717) is 12.3 Å². The average Bonchev–Trinajstić information content (AvgIpc) is 2.82. The summed E-state index contributed by atoms with van der Waals surface area (Å²) in [5, 5.41) is 0. The van der Waals surface area contributed by atoms with Gasteiger partial charge in [0, 0.05) is 0 Å². The van der Waals surface area contributed by atoms with E-state index in [4.69, 9.17) is 11.2 Å². The molecule has 0 bridgehead atoms. The molecule has 0 heterocycles. The van der Waals surface area contributed by atoms with Crippen molar-refractivity contribution >= 4 is 0 Å². The van der Waals surface area contributed by atoms with Crippen molar-refractivity contribution in [1.29, 1.82) is 0 Å². The molecule has 0 aromatic carbocycles. The van der Waals surface area contributed by atoms with Gasteiger partial charge in [-0.15, -0.1) is 6.42 Å². The molecule has 5 atom stereocenters. The molecule has 3 saturated carbocycles. The first-order valence-corrected chi connectivity index (χ1v) is 14.0. The summed E-state index contributed by atoms with van der Waals surface area (Å²) in [5.74, 6) is 5.54. The zero-order chi connectivity index (χ0) is 22.9. The molecular formula is C29H48F2O. The van der Waals surface area contributed by atoms with Crippen LogP contribution in [-0.2, 0) is 4.74 Å². The fourth-order valence-electron chi connectivity index (χ4n) is 7.14. The van der Waals surface area contributed by atoms with E-state index in [2.05, 4.69) is 19.8 Å². The van der Waals surface area contributed by atoms with E-state index in [0.717, 1.165) is 62.7 Å². The minimum Gasteiger partial charge on any atom is -0.359 e. The van der Waals surface area contributed by atoms with Crippen molar-refractivity contribution < 1.29 is 13.5 Å². The number of terminal acetylenes is 1. The summed E-state index contributed by atoms with van der Waals surface area (Å²) in [6, 6.07) is 0. The average molecular weight is 451 g/mol. The highest BCUT2D eigenvalue weighted by Gasteiger charge is 2.45. The predicted octanol–water partition coefficient (Wildman–Crippen LogP) is 8.45. The molecule has 0 saturated heterocycles. The van der Waals surface area contributed by atoms with E-state index in [1.165, 1.54) is 51.4 Å². The zero-order valence-electron chi connectivity index (χ0n) is 20.8. The largest absolute Gasteiger partial charge is 0.359 e. The Morgan fingerprint density at radius 1 is 0.781 bits per heavy atom. The molecule has 3 aliphatic carbocycles. The molecule has 0 spiro atoms. The lowest BCUT2D eigenvalue weighted by Crippen LogP contribution is -2.47. The van der Waals surface area contributed by atoms with Crippen molar-refractivity contribution in [3.63, 3.8) is 0 Å². The summed E-state index contributed by atoms with van der Waals surface area (Å²) < 4.78 is 36.1. The molecule has 0 aromatic heterocycles. The summed E-state index contributed by atoms with van der Waals surface area (Å²) in [6.45, 7) is 4.44. The van der Waals surface area contributed by atoms with Crippen molar-refractivity contribution in [3.8, 4) is 12.3 Å². The van der Waals surface area contributed by atoms with Gasteiger partial charge in [-0.2, -0.15) is 0 Å². The normalized spacial score (nSPS) is 39.3. The second-order valence-corrected chi connectivity index (χ2v) is 11.2. The lowest BCUT2D eigenvalue weighted by Gasteiger charge is -2.43. The second kappa shape index (κ2) is 13.3. The van der Waals surface area contributed by atoms with Crippen LogP contribution in [-0.4, -0.2) is 24.6 Å². The number of unbranched alkanes of at least 4 members (excludes halogenated alkanes) is 2. The Kier molecular flexibility index (Phi) is 10.8. The first-order valence-electron chi connectivity index (χ1n) is 14.0. The highest BCUT2D eigenvalue weighted by Crippen LogP contribution is 2.47. The predicted molar refractivity (Wildman–Crippen MR) is 130 cm³/mol. The third-order valence-electron chi connectivity index (χ3n) is 9.12. The van der Waals surface area contributed by atoms with Crippen LogP contribution in [0.3, 0.4) is 0 Å². The smallest absolute Gasteiger partial charge is 0.157 e. The molecule has 3 aliphatic rings. The van der Waals surface area contributed by atoms with Crippen LogP contribution < -0.4 is 0 Å². The van der Waals surface area contributed by atoms with Gasteiger partial charge in [-0.3, -0.25) is 0 Å². The minimum atomic E-state index is -1.53. The fraction of sp³-hybridized carbons (Fsp3) is 0.931. The van der Waals surface area contributed by atoms with Crippen LogP contribution in [0.5, 0.6) is 0 Å². The number of alkyl halides is 2. The number of hydrogen-bond donors (Lipinski definition) is 0. The number of rotatable bonds is 10. The summed E-state index contributed by atoms with van der Waals surface area (Å²) in [4.78, 5) is 0. The van der Waals surface area contributed by atoms with Gasteiger partial charge >= 0.3 is 0 Å². The van der Waals surface area contributed by atoms with Crippen molar-refractivity contribution in [2.24, 2.45) is 29.6 Å². The van der Waals surface area contributed by atoms with Gasteiger partial charge in [-0.05, 0) is 93.8 Å². The first-order chi connectivity index (χ1) is 15.6. The Balaban J connectivity index is 1.42. The zero-order valence-corrected chi connectivity index (χ0v) is 20.8. The molecule has 3 fully saturated rings. The molecule has 0 aliphatic heterocycles. The number of ether oxygens (including phenoxy) is 1. The topological polar surface area (TPSA) is 9.23 Å². The fourth-order valence-corrected chi connectivity index (χ4v) is 7.14. The maximum atomic E-state index is 15.2. The van der Waals surface area contributed by atoms with Crippen LogP contribution in [0.2, 0.25) is 0 Å². The molecule has 0 amide bonds. The Morgan fingerprint density at radius 2 is 1.41 bits per heavy atom. The van der Waals surface area contributed by atoms with E-state index in [1.807, 2.05) is 0 Å². The van der Waals surface area contributed by atoms with Gasteiger partial charge in [0.05, 0.1) is 6.10 Å². The third-order valence-corrected chi connectivity index (χ3v) is 9.12. The maximum Gasteiger partial charge on any atom is 0.157 e. The van der Waals surface area contributed by atoms with Gasteiger partial charge in [0.2, 0.25) is 0 Å². The second-order valence-electron chi connectivity index (χ2n) is 11.2. The van der Waals surface area contributed by atoms with E-state index in [1.54, 1.807) is 0 Å². The molecule has 0 N–H and O–H groups in total. The van der Waals surface area contributed by atoms with Gasteiger partial charge in [0.25, 0.3) is 0 Å². The number of hydrogen-bond acceptors (Lipinski definition) is 1. The van der Waals surface area contributed by atoms with E-state index < -0.39 is 18.4 Å². The summed E-state index contributed by atoms with van der Waals surface area (Å²) in [6.07, 6.45) is 19.9. The Bertz CT molecular complexity index is 556. The van der Waals surface area contributed by atoms with Gasteiger partial charge < -0.3 is 4.74 Å². The maximum absolute atomic E-state index is 15.2. The molecule has 1 nitrogen and oxygen atoms in total. The SMILES string of the molecule is C#CC(CCCCC)OC1CC[C@@H](C2CCC(C3CCC(CCC)CC3)CC2)C(F)C1F. The van der Waals surface area contributed by atoms with Crippen LogP contribution in [0.25, 0.3) is 0 Å². The van der Waals surface area contributed by atoms with E-state index in [9.17, 15) is 0 Å². The Labute approximate surface area is 196 Å². The highest BCUT2D eigenvalue weighted by molar-refractivity contribution is 4.98. The van der Waals surface area contributed by atoms with Gasteiger partial charge in [-0.25, -0.2) is 8.78 Å². The molecule has 4 unspecified atom stereocenters. The lowest BCUT2D eigenvalue weighted by atomic mass is 9.65. The van der Waals surface area contributed by atoms with Crippen molar-refractivity contribution in [2.75, 3.05) is 0 Å². The molecule has 3 rings (SSSR count). The third kappa shape index (κ3) is 6.94. The monoisotopic (exact) mass is 450 g/mol. The van der Waals surface area contributed by atoms with E-state index >= 15 is 8.78 Å². The van der Waals surface area contributed by atoms with Crippen LogP contribution in [0.1, 0.15) is 117 Å². The summed E-state index contributed by atoms with van der Waals surface area (Å²) in [7, 11) is 0. The van der Waals surface area contributed by atoms with Gasteiger partial charge in [0.15, 0.2) is 6.17 Å². The van der Waals surface area contributed by atoms with Crippen LogP contribution in [0.4, 0.5) is 8.78 Å². The molecule has 0 aromatic rings. The molecule has 32 heavy (non-hydrogen) atoms. The molecule has 184 valence electrons. The van der Waals surface area contributed by atoms with Crippen LogP contribution in [0.15, 0.2) is 0 Å². The van der Waals surface area contributed by atoms with Crippen molar-refractivity contribution in [3.05, 3.63) is 0 Å².